The quantitative estimate of drug-likeness (QED) is 0.628. The van der Waals surface area contributed by atoms with Gasteiger partial charge in [0.25, 0.3) is 7.52 Å². The summed E-state index contributed by atoms with van der Waals surface area (Å²) in [4.78, 5) is 0. The highest BCUT2D eigenvalue weighted by Gasteiger charge is 2.24. The topological polar surface area (TPSA) is 29.5 Å². The lowest BCUT2D eigenvalue weighted by atomic mass is 10.5. The van der Waals surface area contributed by atoms with Crippen LogP contribution in [0.1, 0.15) is 27.7 Å². The minimum atomic E-state index is -2.53. The summed E-state index contributed by atoms with van der Waals surface area (Å²) in [7, 11) is -2.53. The Hall–Kier alpha value is 0.150. The monoisotopic (exact) mass is 193 g/mol. The molecule has 0 aliphatic heterocycles. The van der Waals surface area contributed by atoms with Crippen LogP contribution in [0.15, 0.2) is 0 Å². The molecule has 74 valence electrons. The van der Waals surface area contributed by atoms with Gasteiger partial charge in [-0.15, -0.1) is 0 Å². The molecule has 3 nitrogen and oxygen atoms in total. The van der Waals surface area contributed by atoms with Gasteiger partial charge in [0.05, 0.1) is 6.10 Å². The van der Waals surface area contributed by atoms with Gasteiger partial charge in [0.2, 0.25) is 0 Å². The van der Waals surface area contributed by atoms with E-state index < -0.39 is 7.52 Å². The first-order valence-corrected chi connectivity index (χ1v) is 6.47. The lowest BCUT2D eigenvalue weighted by molar-refractivity contribution is 0.214. The van der Waals surface area contributed by atoms with Crippen molar-refractivity contribution < 1.29 is 9.09 Å². The van der Waals surface area contributed by atoms with Crippen LogP contribution in [0.2, 0.25) is 0 Å². The highest BCUT2D eigenvalue weighted by Crippen LogP contribution is 2.47. The molecule has 0 radical (unpaired) electrons. The zero-order chi connectivity index (χ0) is 9.78. The molecule has 0 heterocycles. The Morgan fingerprint density at radius 2 is 1.75 bits per heavy atom. The fourth-order valence-electron chi connectivity index (χ4n) is 1.20. The van der Waals surface area contributed by atoms with E-state index in [1.165, 1.54) is 0 Å². The number of nitrogens with zero attached hydrogens (tertiary/aromatic N) is 1. The largest absolute Gasteiger partial charge is 0.315 e. The molecular weight excluding hydrogens is 173 g/mol. The third-order valence-corrected chi connectivity index (χ3v) is 4.06. The summed E-state index contributed by atoms with van der Waals surface area (Å²) in [5, 5.41) is 0. The van der Waals surface area contributed by atoms with Crippen LogP contribution < -0.4 is 0 Å². The Morgan fingerprint density at radius 3 is 2.00 bits per heavy atom. The maximum Gasteiger partial charge on any atom is 0.269 e. The van der Waals surface area contributed by atoms with Crippen molar-refractivity contribution in [3.63, 3.8) is 0 Å². The maximum absolute atomic E-state index is 11.9. The first-order chi connectivity index (χ1) is 5.44. The molecule has 0 N–H and O–H groups in total. The SMILES string of the molecule is CCN(CC)P(C)(=O)OC(C)C. The Balaban J connectivity index is 4.26. The van der Waals surface area contributed by atoms with E-state index in [9.17, 15) is 4.57 Å². The van der Waals surface area contributed by atoms with E-state index in [1.54, 1.807) is 6.66 Å². The minimum Gasteiger partial charge on any atom is -0.315 e. The van der Waals surface area contributed by atoms with E-state index in [-0.39, 0.29) is 6.10 Å². The van der Waals surface area contributed by atoms with Crippen LogP contribution in [0, 0.1) is 0 Å². The van der Waals surface area contributed by atoms with Gasteiger partial charge in [-0.1, -0.05) is 13.8 Å². The van der Waals surface area contributed by atoms with Gasteiger partial charge in [0, 0.05) is 19.8 Å². The van der Waals surface area contributed by atoms with Crippen LogP contribution in [0.3, 0.4) is 0 Å². The number of hydrogen-bond acceptors (Lipinski definition) is 2. The lowest BCUT2D eigenvalue weighted by Gasteiger charge is -2.27. The van der Waals surface area contributed by atoms with Gasteiger partial charge in [0.1, 0.15) is 0 Å². The van der Waals surface area contributed by atoms with Crippen molar-refractivity contribution in [3.8, 4) is 0 Å². The molecule has 0 bridgehead atoms. The van der Waals surface area contributed by atoms with E-state index in [4.69, 9.17) is 4.52 Å². The van der Waals surface area contributed by atoms with Crippen LogP contribution in [0.25, 0.3) is 0 Å². The van der Waals surface area contributed by atoms with Crippen molar-refractivity contribution in [2.75, 3.05) is 19.8 Å². The van der Waals surface area contributed by atoms with Crippen LogP contribution >= 0.6 is 7.52 Å². The van der Waals surface area contributed by atoms with E-state index in [1.807, 2.05) is 32.4 Å². The zero-order valence-electron chi connectivity index (χ0n) is 8.70. The molecule has 0 saturated heterocycles. The molecule has 0 aliphatic rings. The van der Waals surface area contributed by atoms with Crippen molar-refractivity contribution in [2.45, 2.75) is 33.8 Å². The summed E-state index contributed by atoms with van der Waals surface area (Å²) in [5.74, 6) is 0. The second-order valence-electron chi connectivity index (χ2n) is 3.10. The summed E-state index contributed by atoms with van der Waals surface area (Å²) in [6.07, 6.45) is 0.0291. The summed E-state index contributed by atoms with van der Waals surface area (Å²) in [6.45, 7) is 11.0. The molecule has 0 fully saturated rings. The van der Waals surface area contributed by atoms with Gasteiger partial charge in [-0.05, 0) is 13.8 Å². The number of rotatable bonds is 5. The van der Waals surface area contributed by atoms with Gasteiger partial charge in [-0.2, -0.15) is 0 Å². The van der Waals surface area contributed by atoms with E-state index in [0.29, 0.717) is 0 Å². The molecule has 0 aromatic heterocycles. The van der Waals surface area contributed by atoms with Crippen molar-refractivity contribution in [1.82, 2.24) is 4.67 Å². The molecule has 0 spiro atoms. The lowest BCUT2D eigenvalue weighted by Crippen LogP contribution is -2.21. The minimum absolute atomic E-state index is 0.0291. The van der Waals surface area contributed by atoms with Gasteiger partial charge in [-0.3, -0.25) is 4.57 Å². The average molecular weight is 193 g/mol. The summed E-state index contributed by atoms with van der Waals surface area (Å²) in [5.41, 5.74) is 0. The summed E-state index contributed by atoms with van der Waals surface area (Å²) < 4.78 is 19.1. The maximum atomic E-state index is 11.9. The van der Waals surface area contributed by atoms with Gasteiger partial charge >= 0.3 is 0 Å². The summed E-state index contributed by atoms with van der Waals surface area (Å²) in [6, 6.07) is 0. The molecule has 0 rings (SSSR count). The van der Waals surface area contributed by atoms with Gasteiger partial charge < -0.3 is 4.52 Å². The first-order valence-electron chi connectivity index (χ1n) is 4.45. The fourth-order valence-corrected chi connectivity index (χ4v) is 3.14. The molecule has 0 aromatic rings. The molecule has 1 unspecified atom stereocenters. The Morgan fingerprint density at radius 1 is 1.33 bits per heavy atom. The molecular formula is C8H20NO2P. The van der Waals surface area contributed by atoms with Crippen LogP contribution in [0.4, 0.5) is 0 Å². The van der Waals surface area contributed by atoms with Crippen LogP contribution in [-0.2, 0) is 9.09 Å². The van der Waals surface area contributed by atoms with Crippen molar-refractivity contribution in [2.24, 2.45) is 0 Å². The van der Waals surface area contributed by atoms with Crippen molar-refractivity contribution in [3.05, 3.63) is 0 Å². The Kier molecular flexibility index (Phi) is 5.07. The van der Waals surface area contributed by atoms with Crippen LogP contribution in [-0.4, -0.2) is 30.5 Å². The normalized spacial score (nSPS) is 16.9. The molecule has 4 heteroatoms. The van der Waals surface area contributed by atoms with Gasteiger partial charge in [0.15, 0.2) is 0 Å². The smallest absolute Gasteiger partial charge is 0.269 e. The van der Waals surface area contributed by atoms with E-state index in [2.05, 4.69) is 0 Å². The second-order valence-corrected chi connectivity index (χ2v) is 5.48. The van der Waals surface area contributed by atoms with Gasteiger partial charge in [-0.25, -0.2) is 4.67 Å². The molecule has 0 aromatic carbocycles. The van der Waals surface area contributed by atoms with Crippen LogP contribution in [0.5, 0.6) is 0 Å². The third kappa shape index (κ3) is 3.70. The highest BCUT2D eigenvalue weighted by molar-refractivity contribution is 7.55. The Labute approximate surface area is 75.6 Å². The standard InChI is InChI=1S/C8H20NO2P/c1-6-9(7-2)12(5,10)11-8(3)4/h8H,6-7H2,1-5H3. The highest BCUT2D eigenvalue weighted by atomic mass is 31.2. The average Bonchev–Trinajstić information content (AvgIpc) is 1.85. The molecule has 0 amide bonds. The predicted octanol–water partition coefficient (Wildman–Crippen LogP) is 2.58. The zero-order valence-corrected chi connectivity index (χ0v) is 9.60. The predicted molar refractivity (Wildman–Crippen MR) is 52.7 cm³/mol. The third-order valence-electron chi connectivity index (χ3n) is 1.65. The second kappa shape index (κ2) is 5.00. The Bertz CT molecular complexity index is 166. The molecule has 0 aliphatic carbocycles. The van der Waals surface area contributed by atoms with Crippen molar-refractivity contribution in [1.29, 1.82) is 0 Å². The molecule has 0 saturated carbocycles. The number of hydrogen-bond donors (Lipinski definition) is 0. The van der Waals surface area contributed by atoms with Crippen molar-refractivity contribution >= 4 is 7.52 Å². The molecule has 1 atom stereocenters. The first kappa shape index (κ1) is 12.2. The van der Waals surface area contributed by atoms with E-state index >= 15 is 0 Å². The molecule has 12 heavy (non-hydrogen) atoms. The summed E-state index contributed by atoms with van der Waals surface area (Å²) >= 11 is 0. The fraction of sp³-hybridized carbons (Fsp3) is 1.00. The van der Waals surface area contributed by atoms with E-state index in [0.717, 1.165) is 13.1 Å².